The summed E-state index contributed by atoms with van der Waals surface area (Å²) in [4.78, 5) is 15.1. The highest BCUT2D eigenvalue weighted by atomic mass is 32.1. The van der Waals surface area contributed by atoms with Crippen molar-refractivity contribution in [1.82, 2.24) is 4.98 Å². The SMILES string of the molecule is CC(C)(C)c1nc(C(N)CC(N)=O)cs1. The van der Waals surface area contributed by atoms with Crippen LogP contribution in [0.25, 0.3) is 0 Å². The summed E-state index contributed by atoms with van der Waals surface area (Å²) in [6, 6.07) is -0.380. The van der Waals surface area contributed by atoms with Crippen molar-refractivity contribution in [2.24, 2.45) is 11.5 Å². The maximum atomic E-state index is 10.7. The number of nitrogens with zero attached hydrogens (tertiary/aromatic N) is 1. The van der Waals surface area contributed by atoms with Gasteiger partial charge in [0.2, 0.25) is 5.91 Å². The maximum Gasteiger partial charge on any atom is 0.219 e. The van der Waals surface area contributed by atoms with Gasteiger partial charge in [-0.15, -0.1) is 11.3 Å². The number of amides is 1. The minimum atomic E-state index is -0.396. The molecule has 1 unspecified atom stereocenters. The van der Waals surface area contributed by atoms with E-state index in [9.17, 15) is 4.79 Å². The van der Waals surface area contributed by atoms with Crippen LogP contribution < -0.4 is 11.5 Å². The average molecular weight is 227 g/mol. The first-order valence-electron chi connectivity index (χ1n) is 4.80. The van der Waals surface area contributed by atoms with Crippen LogP contribution in [0.2, 0.25) is 0 Å². The van der Waals surface area contributed by atoms with Gasteiger partial charge in [-0.1, -0.05) is 20.8 Å². The lowest BCUT2D eigenvalue weighted by atomic mass is 9.98. The monoisotopic (exact) mass is 227 g/mol. The van der Waals surface area contributed by atoms with Crippen molar-refractivity contribution in [3.8, 4) is 0 Å². The number of primary amides is 1. The zero-order valence-electron chi connectivity index (χ0n) is 9.28. The molecule has 1 aromatic heterocycles. The predicted molar refractivity (Wildman–Crippen MR) is 61.6 cm³/mol. The number of hydrogen-bond acceptors (Lipinski definition) is 4. The molecule has 1 aromatic rings. The Morgan fingerprint density at radius 3 is 2.60 bits per heavy atom. The summed E-state index contributed by atoms with van der Waals surface area (Å²) in [6.07, 6.45) is 0.146. The van der Waals surface area contributed by atoms with Gasteiger partial charge in [0.1, 0.15) is 0 Å². The van der Waals surface area contributed by atoms with Crippen LogP contribution in [-0.4, -0.2) is 10.9 Å². The van der Waals surface area contributed by atoms with E-state index < -0.39 is 5.91 Å². The second-order valence-corrected chi connectivity index (χ2v) is 5.46. The van der Waals surface area contributed by atoms with E-state index in [2.05, 4.69) is 25.8 Å². The molecule has 1 rings (SSSR count). The lowest BCUT2D eigenvalue weighted by Gasteiger charge is -2.14. The molecule has 0 bridgehead atoms. The number of aromatic nitrogens is 1. The first kappa shape index (κ1) is 12.1. The predicted octanol–water partition coefficient (Wildman–Crippen LogP) is 1.32. The van der Waals surface area contributed by atoms with Gasteiger partial charge in [-0.05, 0) is 0 Å². The molecule has 0 aliphatic carbocycles. The normalized spacial score (nSPS) is 13.9. The number of rotatable bonds is 3. The van der Waals surface area contributed by atoms with Crippen LogP contribution in [-0.2, 0) is 10.2 Å². The molecule has 0 aromatic carbocycles. The van der Waals surface area contributed by atoms with E-state index in [4.69, 9.17) is 11.5 Å². The van der Waals surface area contributed by atoms with Gasteiger partial charge in [0.15, 0.2) is 0 Å². The van der Waals surface area contributed by atoms with Crippen molar-refractivity contribution in [2.45, 2.75) is 38.6 Å². The van der Waals surface area contributed by atoms with E-state index in [1.807, 2.05) is 5.38 Å². The molecule has 84 valence electrons. The fourth-order valence-corrected chi connectivity index (χ4v) is 2.09. The zero-order valence-corrected chi connectivity index (χ0v) is 10.1. The molecule has 1 amide bonds. The maximum absolute atomic E-state index is 10.7. The Balaban J connectivity index is 2.80. The highest BCUT2D eigenvalue weighted by Gasteiger charge is 2.20. The van der Waals surface area contributed by atoms with Gasteiger partial charge < -0.3 is 11.5 Å². The average Bonchev–Trinajstić information content (AvgIpc) is 2.48. The third kappa shape index (κ3) is 3.28. The Kier molecular flexibility index (Phi) is 3.46. The van der Waals surface area contributed by atoms with Crippen LogP contribution >= 0.6 is 11.3 Å². The Hall–Kier alpha value is -0.940. The summed E-state index contributed by atoms with van der Waals surface area (Å²) in [6.45, 7) is 6.28. The first-order chi connectivity index (χ1) is 6.80. The van der Waals surface area contributed by atoms with Crippen molar-refractivity contribution < 1.29 is 4.79 Å². The topological polar surface area (TPSA) is 82.0 Å². The van der Waals surface area contributed by atoms with Crippen molar-refractivity contribution >= 4 is 17.2 Å². The van der Waals surface area contributed by atoms with E-state index in [0.717, 1.165) is 10.7 Å². The molecule has 0 saturated carbocycles. The molecule has 0 aliphatic rings. The summed E-state index contributed by atoms with van der Waals surface area (Å²) < 4.78 is 0. The van der Waals surface area contributed by atoms with E-state index in [-0.39, 0.29) is 17.9 Å². The van der Waals surface area contributed by atoms with Crippen molar-refractivity contribution in [3.63, 3.8) is 0 Å². The van der Waals surface area contributed by atoms with Crippen LogP contribution in [0, 0.1) is 0 Å². The minimum Gasteiger partial charge on any atom is -0.370 e. The van der Waals surface area contributed by atoms with E-state index in [0.29, 0.717) is 0 Å². The second-order valence-electron chi connectivity index (χ2n) is 4.60. The van der Waals surface area contributed by atoms with Gasteiger partial charge in [0, 0.05) is 17.2 Å². The quantitative estimate of drug-likeness (QED) is 0.817. The summed E-state index contributed by atoms with van der Waals surface area (Å²) in [5, 5.41) is 2.92. The lowest BCUT2D eigenvalue weighted by molar-refractivity contribution is -0.118. The molecule has 4 N–H and O–H groups in total. The Labute approximate surface area is 93.7 Å². The first-order valence-corrected chi connectivity index (χ1v) is 5.68. The van der Waals surface area contributed by atoms with Gasteiger partial charge in [-0.25, -0.2) is 4.98 Å². The second kappa shape index (κ2) is 4.28. The number of carbonyl (C=O) groups is 1. The molecule has 0 radical (unpaired) electrons. The molecule has 0 spiro atoms. The molecular formula is C10H17N3OS. The van der Waals surface area contributed by atoms with Crippen molar-refractivity contribution in [1.29, 1.82) is 0 Å². The smallest absolute Gasteiger partial charge is 0.219 e. The molecule has 0 aliphatic heterocycles. The Bertz CT molecular complexity index is 354. The van der Waals surface area contributed by atoms with Crippen LogP contribution in [0.15, 0.2) is 5.38 Å². The third-order valence-corrected chi connectivity index (χ3v) is 3.25. The molecule has 1 heterocycles. The van der Waals surface area contributed by atoms with E-state index >= 15 is 0 Å². The van der Waals surface area contributed by atoms with Gasteiger partial charge in [-0.3, -0.25) is 4.79 Å². The van der Waals surface area contributed by atoms with Crippen LogP contribution in [0.5, 0.6) is 0 Å². The number of carbonyl (C=O) groups excluding carboxylic acids is 1. The summed E-state index contributed by atoms with van der Waals surface area (Å²) in [5.74, 6) is -0.396. The minimum absolute atomic E-state index is 0.0232. The highest BCUT2D eigenvalue weighted by molar-refractivity contribution is 7.09. The Morgan fingerprint density at radius 1 is 1.60 bits per heavy atom. The zero-order chi connectivity index (χ0) is 11.6. The lowest BCUT2D eigenvalue weighted by Crippen LogP contribution is -2.21. The van der Waals surface area contributed by atoms with Crippen LogP contribution in [0.4, 0.5) is 0 Å². The molecular weight excluding hydrogens is 210 g/mol. The standard InChI is InChI=1S/C10H17N3OS/c1-10(2,3)9-13-7(5-15-9)6(11)4-8(12)14/h5-6H,4,11H2,1-3H3,(H2,12,14). The summed E-state index contributed by atoms with van der Waals surface area (Å²) in [7, 11) is 0. The van der Waals surface area contributed by atoms with Crippen LogP contribution in [0.1, 0.15) is 43.9 Å². The van der Waals surface area contributed by atoms with Crippen molar-refractivity contribution in [3.05, 3.63) is 16.1 Å². The van der Waals surface area contributed by atoms with Gasteiger partial charge in [-0.2, -0.15) is 0 Å². The molecule has 4 nitrogen and oxygen atoms in total. The highest BCUT2D eigenvalue weighted by Crippen LogP contribution is 2.27. The molecule has 0 saturated heterocycles. The Morgan fingerprint density at radius 2 is 2.20 bits per heavy atom. The summed E-state index contributed by atoms with van der Waals surface area (Å²) in [5.41, 5.74) is 11.7. The van der Waals surface area contributed by atoms with Crippen LogP contribution in [0.3, 0.4) is 0 Å². The summed E-state index contributed by atoms with van der Waals surface area (Å²) >= 11 is 1.57. The molecule has 1 atom stereocenters. The van der Waals surface area contributed by atoms with E-state index in [1.165, 1.54) is 0 Å². The van der Waals surface area contributed by atoms with Gasteiger partial charge in [0.25, 0.3) is 0 Å². The number of thiazole rings is 1. The van der Waals surface area contributed by atoms with Crippen molar-refractivity contribution in [2.75, 3.05) is 0 Å². The van der Waals surface area contributed by atoms with Gasteiger partial charge in [0.05, 0.1) is 16.7 Å². The molecule has 5 heteroatoms. The fraction of sp³-hybridized carbons (Fsp3) is 0.600. The van der Waals surface area contributed by atoms with E-state index in [1.54, 1.807) is 11.3 Å². The third-order valence-electron chi connectivity index (χ3n) is 1.96. The number of nitrogens with two attached hydrogens (primary N) is 2. The van der Waals surface area contributed by atoms with Gasteiger partial charge >= 0.3 is 0 Å². The largest absolute Gasteiger partial charge is 0.370 e. The number of hydrogen-bond donors (Lipinski definition) is 2. The fourth-order valence-electron chi connectivity index (χ4n) is 1.12. The molecule has 0 fully saturated rings. The molecule has 15 heavy (non-hydrogen) atoms.